The average molecular weight is 178 g/mol. The molecule has 0 atom stereocenters. The van der Waals surface area contributed by atoms with Crippen LogP contribution in [0, 0.1) is 0 Å². The maximum absolute atomic E-state index is 11.0. The van der Waals surface area contributed by atoms with E-state index in [1.165, 1.54) is 12.8 Å². The number of aromatic nitrogens is 1. The molecular formula is C10H14N2O. The van der Waals surface area contributed by atoms with Gasteiger partial charge in [-0.05, 0) is 25.9 Å². The second-order valence-electron chi connectivity index (χ2n) is 3.53. The van der Waals surface area contributed by atoms with E-state index in [1.807, 2.05) is 0 Å². The fourth-order valence-electron chi connectivity index (χ4n) is 1.77. The monoisotopic (exact) mass is 178 g/mol. The molecule has 2 rings (SSSR count). The fourth-order valence-corrected chi connectivity index (χ4v) is 1.77. The molecule has 0 bridgehead atoms. The quantitative estimate of drug-likeness (QED) is 0.732. The normalized spacial score (nSPS) is 17.8. The highest BCUT2D eigenvalue weighted by Gasteiger charge is 2.11. The van der Waals surface area contributed by atoms with Crippen molar-refractivity contribution in [3.8, 4) is 0 Å². The molecule has 2 heterocycles. The third kappa shape index (κ3) is 2.18. The molecule has 3 heteroatoms. The van der Waals surface area contributed by atoms with E-state index in [-0.39, 0.29) is 5.43 Å². The summed E-state index contributed by atoms with van der Waals surface area (Å²) in [7, 11) is 0. The summed E-state index contributed by atoms with van der Waals surface area (Å²) in [6, 6.07) is 3.23. The topological polar surface area (TPSA) is 36.1 Å². The Morgan fingerprint density at radius 1 is 1.38 bits per heavy atom. The van der Waals surface area contributed by atoms with Gasteiger partial charge < -0.3 is 4.98 Å². The molecule has 1 N–H and O–H groups in total. The van der Waals surface area contributed by atoms with Crippen LogP contribution in [-0.2, 0) is 6.54 Å². The van der Waals surface area contributed by atoms with Crippen LogP contribution in [0.5, 0.6) is 0 Å². The summed E-state index contributed by atoms with van der Waals surface area (Å²) in [6.45, 7) is 3.21. The van der Waals surface area contributed by atoms with Gasteiger partial charge in [0.15, 0.2) is 5.43 Å². The highest BCUT2D eigenvalue weighted by molar-refractivity contribution is 5.04. The van der Waals surface area contributed by atoms with Gasteiger partial charge in [0.25, 0.3) is 0 Å². The number of likely N-dealkylation sites (tertiary alicyclic amines) is 1. The van der Waals surface area contributed by atoms with Crippen LogP contribution in [0.3, 0.4) is 0 Å². The molecule has 0 spiro atoms. The summed E-state index contributed by atoms with van der Waals surface area (Å²) in [4.78, 5) is 16.5. The molecule has 0 unspecified atom stereocenters. The molecule has 1 aromatic heterocycles. The smallest absolute Gasteiger partial charge is 0.181 e. The minimum absolute atomic E-state index is 0.0907. The number of H-pyrrole nitrogens is 1. The molecule has 3 nitrogen and oxygen atoms in total. The summed E-state index contributed by atoms with van der Waals surface area (Å²) >= 11 is 0. The van der Waals surface area contributed by atoms with Crippen molar-refractivity contribution in [3.63, 3.8) is 0 Å². The SMILES string of the molecule is O=c1cc[nH]c(CN2CCCC2)c1. The van der Waals surface area contributed by atoms with E-state index in [0.29, 0.717) is 0 Å². The Morgan fingerprint density at radius 2 is 2.15 bits per heavy atom. The summed E-state index contributed by atoms with van der Waals surface area (Å²) in [6.07, 6.45) is 4.29. The van der Waals surface area contributed by atoms with Gasteiger partial charge in [0.1, 0.15) is 0 Å². The summed E-state index contributed by atoms with van der Waals surface area (Å²) in [5, 5.41) is 0. The maximum Gasteiger partial charge on any atom is 0.181 e. The van der Waals surface area contributed by atoms with E-state index in [9.17, 15) is 4.79 Å². The van der Waals surface area contributed by atoms with Gasteiger partial charge in [-0.15, -0.1) is 0 Å². The van der Waals surface area contributed by atoms with Gasteiger partial charge in [0, 0.05) is 30.6 Å². The molecule has 0 aliphatic carbocycles. The average Bonchev–Trinajstić information content (AvgIpc) is 2.57. The van der Waals surface area contributed by atoms with Gasteiger partial charge in [0.05, 0.1) is 0 Å². The highest BCUT2D eigenvalue weighted by atomic mass is 16.1. The van der Waals surface area contributed by atoms with Gasteiger partial charge in [-0.1, -0.05) is 0 Å². The van der Waals surface area contributed by atoms with Gasteiger partial charge in [0.2, 0.25) is 0 Å². The summed E-state index contributed by atoms with van der Waals surface area (Å²) in [5.74, 6) is 0. The molecule has 0 aromatic carbocycles. The van der Waals surface area contributed by atoms with Crippen molar-refractivity contribution in [2.24, 2.45) is 0 Å². The molecule has 0 amide bonds. The maximum atomic E-state index is 11.0. The van der Waals surface area contributed by atoms with Crippen molar-refractivity contribution in [2.45, 2.75) is 19.4 Å². The van der Waals surface area contributed by atoms with Crippen molar-refractivity contribution in [3.05, 3.63) is 34.2 Å². The Bertz CT molecular complexity index is 326. The van der Waals surface area contributed by atoms with Crippen molar-refractivity contribution in [1.29, 1.82) is 0 Å². The van der Waals surface area contributed by atoms with Crippen molar-refractivity contribution >= 4 is 0 Å². The van der Waals surface area contributed by atoms with E-state index in [1.54, 1.807) is 18.3 Å². The van der Waals surface area contributed by atoms with Gasteiger partial charge >= 0.3 is 0 Å². The molecule has 1 aliphatic rings. The zero-order valence-electron chi connectivity index (χ0n) is 7.62. The Morgan fingerprint density at radius 3 is 2.85 bits per heavy atom. The lowest BCUT2D eigenvalue weighted by molar-refractivity contribution is 0.327. The Labute approximate surface area is 77.4 Å². The standard InChI is InChI=1S/C10H14N2O/c13-10-3-4-11-9(7-10)8-12-5-1-2-6-12/h3-4,7H,1-2,5-6,8H2,(H,11,13). The van der Waals surface area contributed by atoms with Gasteiger partial charge in [-0.25, -0.2) is 0 Å². The van der Waals surface area contributed by atoms with E-state index in [2.05, 4.69) is 9.88 Å². The van der Waals surface area contributed by atoms with Crippen LogP contribution in [-0.4, -0.2) is 23.0 Å². The first-order valence-electron chi connectivity index (χ1n) is 4.74. The third-order valence-corrected chi connectivity index (χ3v) is 2.43. The van der Waals surface area contributed by atoms with Crippen LogP contribution in [0.25, 0.3) is 0 Å². The Hall–Kier alpha value is -1.09. The Balaban J connectivity index is 2.04. The van der Waals surface area contributed by atoms with Crippen molar-refractivity contribution < 1.29 is 0 Å². The third-order valence-electron chi connectivity index (χ3n) is 2.43. The van der Waals surface area contributed by atoms with Crippen LogP contribution in [0.1, 0.15) is 18.5 Å². The second kappa shape index (κ2) is 3.75. The van der Waals surface area contributed by atoms with Crippen LogP contribution < -0.4 is 5.43 Å². The number of nitrogens with one attached hydrogen (secondary N) is 1. The Kier molecular flexibility index (Phi) is 2.45. The molecule has 0 saturated carbocycles. The number of nitrogens with zero attached hydrogens (tertiary/aromatic N) is 1. The molecule has 1 aromatic rings. The summed E-state index contributed by atoms with van der Waals surface area (Å²) < 4.78 is 0. The van der Waals surface area contributed by atoms with Crippen LogP contribution in [0.2, 0.25) is 0 Å². The number of hydrogen-bond donors (Lipinski definition) is 1. The zero-order chi connectivity index (χ0) is 9.10. The number of pyridine rings is 1. The molecule has 1 fully saturated rings. The minimum Gasteiger partial charge on any atom is -0.364 e. The molecule has 0 radical (unpaired) electrons. The lowest BCUT2D eigenvalue weighted by Crippen LogP contribution is -2.20. The largest absolute Gasteiger partial charge is 0.364 e. The van der Waals surface area contributed by atoms with E-state index >= 15 is 0 Å². The zero-order valence-corrected chi connectivity index (χ0v) is 7.62. The second-order valence-corrected chi connectivity index (χ2v) is 3.53. The van der Waals surface area contributed by atoms with Crippen molar-refractivity contribution in [2.75, 3.05) is 13.1 Å². The molecule has 70 valence electrons. The lowest BCUT2D eigenvalue weighted by Gasteiger charge is -2.13. The molecule has 1 saturated heterocycles. The van der Waals surface area contributed by atoms with Gasteiger partial charge in [-0.2, -0.15) is 0 Å². The van der Waals surface area contributed by atoms with Crippen LogP contribution in [0.15, 0.2) is 23.1 Å². The first-order valence-corrected chi connectivity index (χ1v) is 4.74. The van der Waals surface area contributed by atoms with Crippen LogP contribution >= 0.6 is 0 Å². The highest BCUT2D eigenvalue weighted by Crippen LogP contribution is 2.09. The summed E-state index contributed by atoms with van der Waals surface area (Å²) in [5.41, 5.74) is 1.11. The van der Waals surface area contributed by atoms with E-state index in [0.717, 1.165) is 25.3 Å². The number of aromatic amines is 1. The lowest BCUT2D eigenvalue weighted by atomic mass is 10.3. The fraction of sp³-hybridized carbons (Fsp3) is 0.500. The van der Waals surface area contributed by atoms with Crippen LogP contribution in [0.4, 0.5) is 0 Å². The minimum atomic E-state index is 0.0907. The predicted molar refractivity (Wildman–Crippen MR) is 51.6 cm³/mol. The predicted octanol–water partition coefficient (Wildman–Crippen LogP) is 0.971. The first-order chi connectivity index (χ1) is 6.34. The first kappa shape index (κ1) is 8.51. The number of hydrogen-bond acceptors (Lipinski definition) is 2. The molecular weight excluding hydrogens is 164 g/mol. The van der Waals surface area contributed by atoms with Crippen molar-refractivity contribution in [1.82, 2.24) is 9.88 Å². The van der Waals surface area contributed by atoms with Gasteiger partial charge in [-0.3, -0.25) is 9.69 Å². The molecule has 13 heavy (non-hydrogen) atoms. The van der Waals surface area contributed by atoms with E-state index in [4.69, 9.17) is 0 Å². The molecule has 1 aliphatic heterocycles. The number of rotatable bonds is 2. The van der Waals surface area contributed by atoms with E-state index < -0.39 is 0 Å².